The number of hydrogen-bond donors (Lipinski definition) is 1. The van der Waals surface area contributed by atoms with Crippen LogP contribution in [0.1, 0.15) is 71.2 Å². The molecule has 1 N–H and O–H groups in total. The number of hydrogen-bond acceptors (Lipinski definition) is 3. The van der Waals surface area contributed by atoms with Crippen molar-refractivity contribution >= 4 is 17.7 Å². The minimum atomic E-state index is -2.37. The van der Waals surface area contributed by atoms with Crippen molar-refractivity contribution in [3.8, 4) is 0 Å². The Balaban J connectivity index is 1.40. The molecule has 6 nitrogen and oxygen atoms in total. The third kappa shape index (κ3) is 5.87. The van der Waals surface area contributed by atoms with Crippen LogP contribution in [0.2, 0.25) is 0 Å². The van der Waals surface area contributed by atoms with Crippen LogP contribution >= 0.6 is 0 Å². The molecular formula is C37H36FN3O3. The molecule has 3 unspecified atom stereocenters. The lowest BCUT2D eigenvalue weighted by Gasteiger charge is -2.34. The van der Waals surface area contributed by atoms with E-state index in [4.69, 9.17) is 0 Å². The van der Waals surface area contributed by atoms with Crippen molar-refractivity contribution in [1.82, 2.24) is 15.1 Å². The van der Waals surface area contributed by atoms with Crippen LogP contribution in [0.25, 0.3) is 0 Å². The standard InChI is InChI=1S/C37H36FN3O3/c38-37(36(44)41(37)31-24-14-5-15-25-31)33(29-20-10-3-11-21-29)39-34(42)32(28-18-8-2-9-19-28)40(26-27-16-6-1-7-17-27)35(43)30-22-12-4-13-23-30/h1-4,6-13,16-23,31-33H,5,14-15,24-26H2,(H,39,42). The number of rotatable bonds is 10. The molecule has 1 saturated heterocycles. The molecule has 1 saturated carbocycles. The van der Waals surface area contributed by atoms with Crippen LogP contribution in [0.3, 0.4) is 0 Å². The molecule has 7 heteroatoms. The lowest BCUT2D eigenvalue weighted by molar-refractivity contribution is -0.128. The zero-order valence-corrected chi connectivity index (χ0v) is 24.5. The molecule has 1 aliphatic heterocycles. The van der Waals surface area contributed by atoms with Gasteiger partial charge in [0.15, 0.2) is 0 Å². The van der Waals surface area contributed by atoms with Crippen molar-refractivity contribution in [3.63, 3.8) is 0 Å². The first-order valence-corrected chi connectivity index (χ1v) is 15.3. The van der Waals surface area contributed by atoms with Gasteiger partial charge < -0.3 is 10.2 Å². The summed E-state index contributed by atoms with van der Waals surface area (Å²) in [5, 5.41) is 2.94. The third-order valence-corrected chi connectivity index (χ3v) is 8.71. The fraction of sp³-hybridized carbons (Fsp3) is 0.270. The number of amides is 3. The number of benzene rings is 4. The fourth-order valence-electron chi connectivity index (χ4n) is 6.45. The Hall–Kier alpha value is -4.78. The van der Waals surface area contributed by atoms with Gasteiger partial charge in [0.05, 0.1) is 0 Å². The number of carbonyl (C=O) groups is 3. The summed E-state index contributed by atoms with van der Waals surface area (Å²) < 4.78 is 17.0. The Labute approximate surface area is 257 Å². The van der Waals surface area contributed by atoms with Crippen LogP contribution in [0.15, 0.2) is 121 Å². The zero-order chi connectivity index (χ0) is 30.5. The van der Waals surface area contributed by atoms with E-state index < -0.39 is 29.7 Å². The van der Waals surface area contributed by atoms with Gasteiger partial charge in [-0.15, -0.1) is 0 Å². The Morgan fingerprint density at radius 2 is 1.30 bits per heavy atom. The van der Waals surface area contributed by atoms with E-state index in [0.717, 1.165) is 37.7 Å². The van der Waals surface area contributed by atoms with Gasteiger partial charge in [0.2, 0.25) is 5.91 Å². The molecule has 0 spiro atoms. The minimum absolute atomic E-state index is 0.144. The monoisotopic (exact) mass is 589 g/mol. The maximum atomic E-state index is 17.0. The highest BCUT2D eigenvalue weighted by molar-refractivity contribution is 6.03. The van der Waals surface area contributed by atoms with Crippen LogP contribution < -0.4 is 5.32 Å². The second-order valence-corrected chi connectivity index (χ2v) is 11.6. The van der Waals surface area contributed by atoms with Gasteiger partial charge in [0, 0.05) is 18.2 Å². The van der Waals surface area contributed by atoms with E-state index in [-0.39, 0.29) is 18.5 Å². The minimum Gasteiger partial charge on any atom is -0.341 e. The number of alkyl halides is 1. The number of carbonyl (C=O) groups excluding carboxylic acids is 3. The van der Waals surface area contributed by atoms with Crippen LogP contribution in [-0.4, -0.2) is 39.4 Å². The molecule has 0 aromatic heterocycles. The lowest BCUT2D eigenvalue weighted by atomic mass is 9.94. The maximum Gasteiger partial charge on any atom is 0.288 e. The van der Waals surface area contributed by atoms with Crippen LogP contribution in [-0.2, 0) is 16.1 Å². The summed E-state index contributed by atoms with van der Waals surface area (Å²) in [6.07, 6.45) is 4.45. The molecule has 4 aromatic carbocycles. The molecule has 1 aliphatic carbocycles. The number of halogens is 1. The van der Waals surface area contributed by atoms with E-state index in [1.807, 2.05) is 60.7 Å². The second-order valence-electron chi connectivity index (χ2n) is 11.6. The summed E-state index contributed by atoms with van der Waals surface area (Å²) in [7, 11) is 0. The van der Waals surface area contributed by atoms with Crippen molar-refractivity contribution < 1.29 is 18.8 Å². The summed E-state index contributed by atoms with van der Waals surface area (Å²) in [5.41, 5.74) is 2.34. The first kappa shape index (κ1) is 29.3. The maximum absolute atomic E-state index is 17.0. The SMILES string of the molecule is O=C(NC(c1ccccc1)C1(F)C(=O)N1C1CCCCC1)C(c1ccccc1)N(Cc1ccccc1)C(=O)c1ccccc1. The largest absolute Gasteiger partial charge is 0.341 e. The molecule has 6 rings (SSSR count). The zero-order valence-electron chi connectivity index (χ0n) is 24.5. The second kappa shape index (κ2) is 12.8. The van der Waals surface area contributed by atoms with Gasteiger partial charge in [-0.3, -0.25) is 19.3 Å². The van der Waals surface area contributed by atoms with Gasteiger partial charge in [0.25, 0.3) is 17.6 Å². The molecule has 2 fully saturated rings. The van der Waals surface area contributed by atoms with Crippen LogP contribution in [0, 0.1) is 0 Å². The van der Waals surface area contributed by atoms with Gasteiger partial charge in [-0.1, -0.05) is 128 Å². The predicted octanol–water partition coefficient (Wildman–Crippen LogP) is 6.77. The molecule has 3 atom stereocenters. The predicted molar refractivity (Wildman–Crippen MR) is 167 cm³/mol. The molecule has 4 aromatic rings. The molecule has 3 amide bonds. The van der Waals surface area contributed by atoms with E-state index in [2.05, 4.69) is 5.32 Å². The van der Waals surface area contributed by atoms with Gasteiger partial charge in [-0.05, 0) is 41.7 Å². The first-order chi connectivity index (χ1) is 21.5. The van der Waals surface area contributed by atoms with Crippen LogP contribution in [0.5, 0.6) is 0 Å². The van der Waals surface area contributed by atoms with E-state index in [1.54, 1.807) is 60.7 Å². The summed E-state index contributed by atoms with van der Waals surface area (Å²) in [6.45, 7) is 0.144. The van der Waals surface area contributed by atoms with Gasteiger partial charge in [-0.2, -0.15) is 0 Å². The van der Waals surface area contributed by atoms with Crippen LogP contribution in [0.4, 0.5) is 4.39 Å². The fourth-order valence-corrected chi connectivity index (χ4v) is 6.45. The molecular weight excluding hydrogens is 553 g/mol. The molecule has 2 aliphatic rings. The first-order valence-electron chi connectivity index (χ1n) is 15.3. The highest BCUT2D eigenvalue weighted by Gasteiger charge is 2.71. The molecule has 44 heavy (non-hydrogen) atoms. The topological polar surface area (TPSA) is 69.5 Å². The average Bonchev–Trinajstić information content (AvgIpc) is 3.65. The Bertz CT molecular complexity index is 1580. The molecule has 0 bridgehead atoms. The normalized spacial score (nSPS) is 19.6. The Kier molecular flexibility index (Phi) is 8.55. The third-order valence-electron chi connectivity index (χ3n) is 8.71. The Morgan fingerprint density at radius 1 is 0.773 bits per heavy atom. The highest BCUT2D eigenvalue weighted by Crippen LogP contribution is 2.50. The quantitative estimate of drug-likeness (QED) is 0.164. The lowest BCUT2D eigenvalue weighted by Crippen LogP contribution is -2.47. The summed E-state index contributed by atoms with van der Waals surface area (Å²) >= 11 is 0. The van der Waals surface area contributed by atoms with Crippen molar-refractivity contribution in [3.05, 3.63) is 144 Å². The average molecular weight is 590 g/mol. The summed E-state index contributed by atoms with van der Waals surface area (Å²) in [6, 6.07) is 33.6. The van der Waals surface area contributed by atoms with E-state index in [9.17, 15) is 14.4 Å². The van der Waals surface area contributed by atoms with Crippen molar-refractivity contribution in [2.75, 3.05) is 0 Å². The summed E-state index contributed by atoms with van der Waals surface area (Å²) in [5.74, 6) is -3.87. The number of nitrogens with zero attached hydrogens (tertiary/aromatic N) is 2. The van der Waals surface area contributed by atoms with Gasteiger partial charge in [0.1, 0.15) is 12.1 Å². The highest BCUT2D eigenvalue weighted by atomic mass is 19.2. The van der Waals surface area contributed by atoms with Gasteiger partial charge >= 0.3 is 0 Å². The van der Waals surface area contributed by atoms with Crippen molar-refractivity contribution in [2.24, 2.45) is 0 Å². The van der Waals surface area contributed by atoms with Crippen molar-refractivity contribution in [1.29, 1.82) is 0 Å². The number of nitrogens with one attached hydrogen (secondary N) is 1. The molecule has 1 heterocycles. The molecule has 0 radical (unpaired) electrons. The summed E-state index contributed by atoms with van der Waals surface area (Å²) in [4.78, 5) is 44.8. The molecule has 224 valence electrons. The van der Waals surface area contributed by atoms with E-state index in [0.29, 0.717) is 16.7 Å². The van der Waals surface area contributed by atoms with E-state index in [1.165, 1.54) is 9.80 Å². The Morgan fingerprint density at radius 3 is 1.89 bits per heavy atom. The van der Waals surface area contributed by atoms with E-state index >= 15 is 4.39 Å². The van der Waals surface area contributed by atoms with Crippen molar-refractivity contribution in [2.45, 2.75) is 62.6 Å². The smallest absolute Gasteiger partial charge is 0.288 e. The van der Waals surface area contributed by atoms with Gasteiger partial charge in [-0.25, -0.2) is 4.39 Å².